The summed E-state index contributed by atoms with van der Waals surface area (Å²) in [4.78, 5) is 49.9. The number of rotatable bonds is 5. The molecule has 3 N–H and O–H groups in total. The van der Waals surface area contributed by atoms with Crippen molar-refractivity contribution in [1.82, 2.24) is 5.43 Å². The number of hydrogen-bond donors (Lipinski definition) is 3. The van der Waals surface area contributed by atoms with Gasteiger partial charge < -0.3 is 15.1 Å². The minimum atomic E-state index is -1.10. The summed E-state index contributed by atoms with van der Waals surface area (Å²) in [5.74, 6) is -2.62. The highest BCUT2D eigenvalue weighted by molar-refractivity contribution is 6.40. The average molecular weight is 503 g/mol. The van der Waals surface area contributed by atoms with E-state index < -0.39 is 23.2 Å². The van der Waals surface area contributed by atoms with Crippen molar-refractivity contribution in [3.8, 4) is 0 Å². The standard InChI is InChI=1S/C26H19ClN4O5/c1-15-6-9-18(10-7-15)29-24(33)19-4-2-3-5-21(19)30-25(34)26(35)31-28-13-16-14-36-22-11-8-17(27)12-20(22)23(16)32/h2-14H,1H3,(H,29,33)(H,30,34)(H,31,35). The molecular weight excluding hydrogens is 484 g/mol. The van der Waals surface area contributed by atoms with Gasteiger partial charge in [0.1, 0.15) is 11.8 Å². The second-order valence-electron chi connectivity index (χ2n) is 7.68. The van der Waals surface area contributed by atoms with Gasteiger partial charge in [-0.3, -0.25) is 19.2 Å². The van der Waals surface area contributed by atoms with Crippen LogP contribution in [0.4, 0.5) is 11.4 Å². The highest BCUT2D eigenvalue weighted by Crippen LogP contribution is 2.18. The van der Waals surface area contributed by atoms with E-state index in [1.807, 2.05) is 24.5 Å². The molecule has 4 aromatic rings. The molecule has 0 radical (unpaired) electrons. The molecule has 0 aliphatic rings. The maximum atomic E-state index is 12.7. The fourth-order valence-corrected chi connectivity index (χ4v) is 3.40. The normalized spacial score (nSPS) is 10.8. The molecule has 0 aliphatic carbocycles. The van der Waals surface area contributed by atoms with Crippen LogP contribution in [0.15, 0.2) is 87.3 Å². The maximum Gasteiger partial charge on any atom is 0.329 e. The SMILES string of the molecule is Cc1ccc(NC(=O)c2ccccc2NC(=O)C(=O)NN=Cc2coc3ccc(Cl)cc3c2=O)cc1. The van der Waals surface area contributed by atoms with Crippen molar-refractivity contribution < 1.29 is 18.8 Å². The number of nitrogens with one attached hydrogen (secondary N) is 3. The molecule has 9 nitrogen and oxygen atoms in total. The number of nitrogens with zero attached hydrogens (tertiary/aromatic N) is 1. The number of benzene rings is 3. The molecule has 0 saturated heterocycles. The van der Waals surface area contributed by atoms with Crippen LogP contribution in [0.2, 0.25) is 5.02 Å². The average Bonchev–Trinajstić information content (AvgIpc) is 2.87. The van der Waals surface area contributed by atoms with Gasteiger partial charge in [-0.15, -0.1) is 0 Å². The molecule has 36 heavy (non-hydrogen) atoms. The number of halogens is 1. The van der Waals surface area contributed by atoms with Crippen LogP contribution < -0.4 is 21.5 Å². The van der Waals surface area contributed by atoms with Gasteiger partial charge in [0.15, 0.2) is 0 Å². The topological polar surface area (TPSA) is 130 Å². The van der Waals surface area contributed by atoms with E-state index in [2.05, 4.69) is 15.7 Å². The second-order valence-corrected chi connectivity index (χ2v) is 8.12. The first-order chi connectivity index (χ1) is 17.3. The van der Waals surface area contributed by atoms with E-state index in [0.717, 1.165) is 11.8 Å². The van der Waals surface area contributed by atoms with Crippen LogP contribution in [0.1, 0.15) is 21.5 Å². The third-order valence-electron chi connectivity index (χ3n) is 5.07. The summed E-state index contributed by atoms with van der Waals surface area (Å²) in [6.45, 7) is 1.93. The number of hydrogen-bond acceptors (Lipinski definition) is 6. The number of carbonyl (C=O) groups excluding carboxylic acids is 3. The molecule has 3 aromatic carbocycles. The molecule has 0 saturated carbocycles. The zero-order valence-corrected chi connectivity index (χ0v) is 19.6. The van der Waals surface area contributed by atoms with Crippen LogP contribution in [-0.2, 0) is 9.59 Å². The van der Waals surface area contributed by atoms with Gasteiger partial charge in [-0.25, -0.2) is 5.43 Å². The lowest BCUT2D eigenvalue weighted by molar-refractivity contribution is -0.136. The fourth-order valence-electron chi connectivity index (χ4n) is 3.22. The third-order valence-corrected chi connectivity index (χ3v) is 5.30. The van der Waals surface area contributed by atoms with E-state index >= 15 is 0 Å². The summed E-state index contributed by atoms with van der Waals surface area (Å²) < 4.78 is 5.37. The second kappa shape index (κ2) is 10.7. The van der Waals surface area contributed by atoms with Gasteiger partial charge in [0.05, 0.1) is 28.4 Å². The van der Waals surface area contributed by atoms with Crippen LogP contribution in [0.5, 0.6) is 0 Å². The fraction of sp³-hybridized carbons (Fsp3) is 0.0385. The predicted octanol–water partition coefficient (Wildman–Crippen LogP) is 4.10. The first-order valence-electron chi connectivity index (χ1n) is 10.6. The number of fused-ring (bicyclic) bond motifs is 1. The van der Waals surface area contributed by atoms with Crippen LogP contribution in [0.25, 0.3) is 11.0 Å². The molecule has 4 rings (SSSR count). The van der Waals surface area contributed by atoms with Gasteiger partial charge in [0.25, 0.3) is 5.91 Å². The summed E-state index contributed by atoms with van der Waals surface area (Å²) in [6.07, 6.45) is 2.23. The lowest BCUT2D eigenvalue weighted by Crippen LogP contribution is -2.33. The highest BCUT2D eigenvalue weighted by atomic mass is 35.5. The minimum Gasteiger partial charge on any atom is -0.463 e. The van der Waals surface area contributed by atoms with E-state index in [1.165, 1.54) is 24.5 Å². The number of anilines is 2. The Morgan fingerprint density at radius 3 is 2.47 bits per heavy atom. The Hall–Kier alpha value is -4.76. The first kappa shape index (κ1) is 24.4. The van der Waals surface area contributed by atoms with Gasteiger partial charge in [-0.2, -0.15) is 5.10 Å². The van der Waals surface area contributed by atoms with Gasteiger partial charge >= 0.3 is 11.8 Å². The van der Waals surface area contributed by atoms with Gasteiger partial charge in [-0.05, 0) is 49.4 Å². The quantitative estimate of drug-likeness (QED) is 0.215. The zero-order valence-electron chi connectivity index (χ0n) is 18.9. The molecular formula is C26H19ClN4O5. The molecule has 0 bridgehead atoms. The monoisotopic (exact) mass is 502 g/mol. The number of aryl methyl sites for hydroxylation is 1. The molecule has 0 fully saturated rings. The highest BCUT2D eigenvalue weighted by Gasteiger charge is 2.18. The Kier molecular flexibility index (Phi) is 7.22. The number of para-hydroxylation sites is 1. The van der Waals surface area contributed by atoms with Crippen molar-refractivity contribution >= 4 is 57.9 Å². The number of amides is 3. The van der Waals surface area contributed by atoms with Crippen LogP contribution in [-0.4, -0.2) is 23.9 Å². The van der Waals surface area contributed by atoms with Gasteiger partial charge in [-0.1, -0.05) is 41.4 Å². The van der Waals surface area contributed by atoms with Crippen molar-refractivity contribution in [3.05, 3.63) is 105 Å². The molecule has 1 aromatic heterocycles. The van der Waals surface area contributed by atoms with E-state index in [0.29, 0.717) is 16.3 Å². The van der Waals surface area contributed by atoms with Crippen molar-refractivity contribution in [2.45, 2.75) is 6.92 Å². The smallest absolute Gasteiger partial charge is 0.329 e. The summed E-state index contributed by atoms with van der Waals surface area (Å²) in [5, 5.41) is 9.40. The minimum absolute atomic E-state index is 0.0450. The summed E-state index contributed by atoms with van der Waals surface area (Å²) >= 11 is 5.93. The Balaban J connectivity index is 1.42. The number of hydrazone groups is 1. The summed E-state index contributed by atoms with van der Waals surface area (Å²) in [7, 11) is 0. The van der Waals surface area contributed by atoms with E-state index in [9.17, 15) is 19.2 Å². The molecule has 0 spiro atoms. The molecule has 180 valence electrons. The summed E-state index contributed by atoms with van der Waals surface area (Å²) in [6, 6.07) is 18.1. The molecule has 0 unspecified atom stereocenters. The van der Waals surface area contributed by atoms with Crippen molar-refractivity contribution in [2.24, 2.45) is 5.10 Å². The van der Waals surface area contributed by atoms with E-state index in [1.54, 1.807) is 36.4 Å². The maximum absolute atomic E-state index is 12.7. The largest absolute Gasteiger partial charge is 0.463 e. The Morgan fingerprint density at radius 1 is 0.944 bits per heavy atom. The van der Waals surface area contributed by atoms with Gasteiger partial charge in [0, 0.05) is 10.7 Å². The Morgan fingerprint density at radius 2 is 1.69 bits per heavy atom. The van der Waals surface area contributed by atoms with Crippen molar-refractivity contribution in [3.63, 3.8) is 0 Å². The van der Waals surface area contributed by atoms with Crippen molar-refractivity contribution in [2.75, 3.05) is 10.6 Å². The lowest BCUT2D eigenvalue weighted by Gasteiger charge is -2.11. The molecule has 10 heteroatoms. The predicted molar refractivity (Wildman–Crippen MR) is 137 cm³/mol. The molecule has 0 atom stereocenters. The zero-order chi connectivity index (χ0) is 25.7. The Bertz CT molecular complexity index is 1560. The van der Waals surface area contributed by atoms with E-state index in [4.69, 9.17) is 16.0 Å². The third kappa shape index (κ3) is 5.65. The van der Waals surface area contributed by atoms with Crippen LogP contribution in [0, 0.1) is 6.92 Å². The molecule has 3 amide bonds. The van der Waals surface area contributed by atoms with Crippen LogP contribution >= 0.6 is 11.6 Å². The first-order valence-corrected chi connectivity index (χ1v) is 11.0. The summed E-state index contributed by atoms with van der Waals surface area (Å²) in [5.41, 5.74) is 3.95. The lowest BCUT2D eigenvalue weighted by atomic mass is 10.1. The number of carbonyl (C=O) groups is 3. The van der Waals surface area contributed by atoms with Gasteiger partial charge in [0.2, 0.25) is 5.43 Å². The molecule has 1 heterocycles. The Labute approximate surface area is 209 Å². The molecule has 0 aliphatic heterocycles. The van der Waals surface area contributed by atoms with Crippen molar-refractivity contribution in [1.29, 1.82) is 0 Å². The van der Waals surface area contributed by atoms with Crippen LogP contribution in [0.3, 0.4) is 0 Å². The van der Waals surface area contributed by atoms with E-state index in [-0.39, 0.29) is 22.2 Å².